The molecule has 9 aromatic rings. The quantitative estimate of drug-likeness (QED) is 0.176. The third-order valence-corrected chi connectivity index (χ3v) is 12.0. The number of fused-ring (bicyclic) bond motifs is 7. The minimum atomic E-state index is -0.0825. The van der Waals surface area contributed by atoms with Crippen molar-refractivity contribution in [3.05, 3.63) is 187 Å². The van der Waals surface area contributed by atoms with Crippen LogP contribution in [0.25, 0.3) is 64.3 Å². The first kappa shape index (κ1) is 29.9. The molecule has 0 amide bonds. The molecule has 0 fully saturated rings. The maximum Gasteiger partial charge on any atom is 0.0543 e. The average Bonchev–Trinajstić information content (AvgIpc) is 3.66. The van der Waals surface area contributed by atoms with E-state index in [0.29, 0.717) is 0 Å². The van der Waals surface area contributed by atoms with Gasteiger partial charge in [-0.3, -0.25) is 0 Å². The van der Waals surface area contributed by atoms with Crippen LogP contribution in [0.3, 0.4) is 0 Å². The van der Waals surface area contributed by atoms with E-state index in [-0.39, 0.29) is 5.41 Å². The summed E-state index contributed by atoms with van der Waals surface area (Å²) < 4.78 is 2.68. The summed E-state index contributed by atoms with van der Waals surface area (Å²) in [5.74, 6) is 0. The first-order valence-electron chi connectivity index (χ1n) is 17.7. The molecule has 51 heavy (non-hydrogen) atoms. The highest BCUT2D eigenvalue weighted by atomic mass is 32.1. The summed E-state index contributed by atoms with van der Waals surface area (Å²) in [4.78, 5) is 2.45. The van der Waals surface area contributed by atoms with Crippen molar-refractivity contribution in [2.24, 2.45) is 0 Å². The molecule has 0 radical (unpaired) electrons. The Bertz CT molecular complexity index is 2770. The molecule has 0 N–H and O–H groups in total. The van der Waals surface area contributed by atoms with Crippen LogP contribution in [0.1, 0.15) is 25.0 Å². The number of hydrogen-bond acceptors (Lipinski definition) is 2. The van der Waals surface area contributed by atoms with E-state index in [2.05, 4.69) is 195 Å². The fraction of sp³-hybridized carbons (Fsp3) is 0.0612. The first-order chi connectivity index (χ1) is 25.0. The zero-order valence-electron chi connectivity index (χ0n) is 28.6. The summed E-state index contributed by atoms with van der Waals surface area (Å²) >= 11 is 1.88. The molecule has 10 rings (SSSR count). The molecule has 0 atom stereocenters. The van der Waals surface area contributed by atoms with Crippen molar-refractivity contribution < 1.29 is 0 Å². The topological polar surface area (TPSA) is 3.24 Å². The molecule has 0 saturated heterocycles. The Morgan fingerprint density at radius 2 is 1.12 bits per heavy atom. The second-order valence-electron chi connectivity index (χ2n) is 14.2. The van der Waals surface area contributed by atoms with Crippen LogP contribution in [0.15, 0.2) is 176 Å². The molecule has 2 heteroatoms. The van der Waals surface area contributed by atoms with Crippen LogP contribution in [-0.2, 0) is 5.41 Å². The zero-order valence-corrected chi connectivity index (χ0v) is 29.4. The lowest BCUT2D eigenvalue weighted by Gasteiger charge is -2.29. The fourth-order valence-corrected chi connectivity index (χ4v) is 9.39. The normalized spacial score (nSPS) is 13.1. The van der Waals surface area contributed by atoms with Crippen LogP contribution in [-0.4, -0.2) is 0 Å². The van der Waals surface area contributed by atoms with Gasteiger partial charge in [0.2, 0.25) is 0 Å². The van der Waals surface area contributed by atoms with E-state index in [9.17, 15) is 0 Å². The van der Waals surface area contributed by atoms with Gasteiger partial charge in [0.05, 0.1) is 5.69 Å². The molecule has 8 aromatic carbocycles. The Balaban J connectivity index is 1.11. The number of anilines is 3. The number of rotatable bonds is 5. The number of hydrogen-bond donors (Lipinski definition) is 0. The van der Waals surface area contributed by atoms with Crippen molar-refractivity contribution in [2.45, 2.75) is 19.3 Å². The summed E-state index contributed by atoms with van der Waals surface area (Å²) in [5, 5.41) is 5.23. The molecule has 0 saturated carbocycles. The van der Waals surface area contributed by atoms with E-state index in [1.54, 1.807) is 0 Å². The minimum Gasteiger partial charge on any atom is -0.310 e. The predicted octanol–water partition coefficient (Wildman–Crippen LogP) is 14.3. The zero-order chi connectivity index (χ0) is 34.1. The number of benzene rings is 8. The molecular formula is C49H35NS. The van der Waals surface area contributed by atoms with Gasteiger partial charge >= 0.3 is 0 Å². The third kappa shape index (κ3) is 4.82. The summed E-state index contributed by atoms with van der Waals surface area (Å²) in [6.45, 7) is 4.71. The van der Waals surface area contributed by atoms with Crippen molar-refractivity contribution in [2.75, 3.05) is 4.90 Å². The Labute approximate surface area is 302 Å². The van der Waals surface area contributed by atoms with E-state index >= 15 is 0 Å². The lowest BCUT2D eigenvalue weighted by atomic mass is 9.82. The molecule has 1 aliphatic carbocycles. The van der Waals surface area contributed by atoms with Gasteiger partial charge in [-0.15, -0.1) is 11.3 Å². The third-order valence-electron chi connectivity index (χ3n) is 10.8. The molecule has 1 aromatic heterocycles. The van der Waals surface area contributed by atoms with Gasteiger partial charge in [0, 0.05) is 42.5 Å². The summed E-state index contributed by atoms with van der Waals surface area (Å²) in [7, 11) is 0. The molecule has 0 spiro atoms. The molecule has 0 unspecified atom stereocenters. The first-order valence-corrected chi connectivity index (χ1v) is 18.5. The van der Waals surface area contributed by atoms with Gasteiger partial charge in [-0.2, -0.15) is 0 Å². The Morgan fingerprint density at radius 3 is 2.00 bits per heavy atom. The van der Waals surface area contributed by atoms with Gasteiger partial charge in [0.1, 0.15) is 0 Å². The van der Waals surface area contributed by atoms with Gasteiger partial charge in [-0.1, -0.05) is 135 Å². The van der Waals surface area contributed by atoms with Crippen LogP contribution in [0.2, 0.25) is 0 Å². The SMILES string of the molecule is CC1(C)c2ccccc2-c2c(N(c3ccc(-c4ccc5cc6c(cc5c4)sc4ccccc46)cc3)c3cccc(-c4ccccc4)c3)cccc21. The van der Waals surface area contributed by atoms with E-state index in [1.165, 1.54) is 81.1 Å². The van der Waals surface area contributed by atoms with Crippen LogP contribution in [0.4, 0.5) is 17.1 Å². The standard InChI is InChI=1S/C49H35NS/c1-49(2)43-18-8-6-17-41(43)48-44(49)19-11-20-45(48)50(39-15-10-14-34(29-39)32-12-4-3-5-13-32)38-26-24-33(25-27-38)35-22-23-36-30-42-40-16-7-9-21-46(40)51-47(42)31-37(36)28-35/h3-31H,1-2H3. The fourth-order valence-electron chi connectivity index (χ4n) is 8.25. The molecular weight excluding hydrogens is 635 g/mol. The Morgan fingerprint density at radius 1 is 0.431 bits per heavy atom. The monoisotopic (exact) mass is 669 g/mol. The highest BCUT2D eigenvalue weighted by Crippen LogP contribution is 2.54. The molecule has 242 valence electrons. The van der Waals surface area contributed by atoms with Crippen LogP contribution >= 0.6 is 11.3 Å². The van der Waals surface area contributed by atoms with Gasteiger partial charge in [0.25, 0.3) is 0 Å². The highest BCUT2D eigenvalue weighted by molar-refractivity contribution is 7.25. The molecule has 1 aliphatic rings. The van der Waals surface area contributed by atoms with Crippen molar-refractivity contribution in [3.63, 3.8) is 0 Å². The van der Waals surface area contributed by atoms with E-state index in [4.69, 9.17) is 0 Å². The molecule has 1 heterocycles. The van der Waals surface area contributed by atoms with Crippen molar-refractivity contribution in [1.29, 1.82) is 0 Å². The molecule has 1 nitrogen and oxygen atoms in total. The highest BCUT2D eigenvalue weighted by Gasteiger charge is 2.37. The van der Waals surface area contributed by atoms with Crippen molar-refractivity contribution in [1.82, 2.24) is 0 Å². The maximum absolute atomic E-state index is 2.45. The van der Waals surface area contributed by atoms with E-state index in [1.807, 2.05) is 11.3 Å². The Kier molecular flexibility index (Phi) is 6.78. The molecule has 0 bridgehead atoms. The van der Waals surface area contributed by atoms with Crippen LogP contribution in [0.5, 0.6) is 0 Å². The van der Waals surface area contributed by atoms with Gasteiger partial charge in [0.15, 0.2) is 0 Å². The van der Waals surface area contributed by atoms with Gasteiger partial charge in [-0.25, -0.2) is 0 Å². The van der Waals surface area contributed by atoms with Gasteiger partial charge < -0.3 is 4.90 Å². The second kappa shape index (κ2) is 11.6. The largest absolute Gasteiger partial charge is 0.310 e. The summed E-state index contributed by atoms with van der Waals surface area (Å²) in [5.41, 5.74) is 13.6. The lowest BCUT2D eigenvalue weighted by molar-refractivity contribution is 0.660. The van der Waals surface area contributed by atoms with Crippen LogP contribution < -0.4 is 4.90 Å². The average molecular weight is 670 g/mol. The lowest BCUT2D eigenvalue weighted by Crippen LogP contribution is -2.16. The van der Waals surface area contributed by atoms with Crippen LogP contribution in [0, 0.1) is 0 Å². The Hall–Kier alpha value is -5.96. The predicted molar refractivity (Wildman–Crippen MR) is 220 cm³/mol. The maximum atomic E-state index is 2.45. The smallest absolute Gasteiger partial charge is 0.0543 e. The minimum absolute atomic E-state index is 0.0825. The van der Waals surface area contributed by atoms with Crippen molar-refractivity contribution >= 4 is 59.3 Å². The number of thiophene rings is 1. The van der Waals surface area contributed by atoms with Gasteiger partial charge in [-0.05, 0) is 104 Å². The van der Waals surface area contributed by atoms with E-state index < -0.39 is 0 Å². The summed E-state index contributed by atoms with van der Waals surface area (Å²) in [6, 6.07) is 64.9. The second-order valence-corrected chi connectivity index (χ2v) is 15.3. The summed E-state index contributed by atoms with van der Waals surface area (Å²) in [6.07, 6.45) is 0. The van der Waals surface area contributed by atoms with Crippen molar-refractivity contribution in [3.8, 4) is 33.4 Å². The van der Waals surface area contributed by atoms with E-state index in [0.717, 1.165) is 11.4 Å². The number of nitrogens with zero attached hydrogens (tertiary/aromatic N) is 1. The molecule has 0 aliphatic heterocycles.